The Morgan fingerprint density at radius 1 is 1.29 bits per heavy atom. The first-order valence-corrected chi connectivity index (χ1v) is 10.6. The highest BCUT2D eigenvalue weighted by Gasteiger charge is 2.13. The van der Waals surface area contributed by atoms with E-state index in [9.17, 15) is 18.0 Å². The zero-order valence-electron chi connectivity index (χ0n) is 14.4. The largest absolute Gasteiger partial charge is 0.481 e. The maximum absolute atomic E-state index is 12.3. The molecule has 3 aromatic rings. The lowest BCUT2D eigenvalue weighted by Crippen LogP contribution is -2.10. The van der Waals surface area contributed by atoms with Crippen LogP contribution in [0, 0.1) is 0 Å². The highest BCUT2D eigenvalue weighted by Crippen LogP contribution is 2.26. The smallest absolute Gasteiger partial charge is 0.346 e. The molecule has 0 amide bonds. The van der Waals surface area contributed by atoms with Gasteiger partial charge in [-0.2, -0.15) is 8.42 Å². The van der Waals surface area contributed by atoms with Crippen molar-refractivity contribution in [2.24, 2.45) is 0 Å². The van der Waals surface area contributed by atoms with E-state index in [-0.39, 0.29) is 24.2 Å². The molecule has 0 aliphatic rings. The molecular weight excluding hydrogens is 408 g/mol. The predicted octanol–water partition coefficient (Wildman–Crippen LogP) is 2.23. The number of carboxylic acids is 1. The van der Waals surface area contributed by atoms with Crippen molar-refractivity contribution in [3.05, 3.63) is 45.8 Å². The molecule has 0 radical (unpaired) electrons. The van der Waals surface area contributed by atoms with Crippen molar-refractivity contribution in [1.82, 2.24) is 4.98 Å². The average Bonchev–Trinajstić information content (AvgIpc) is 3.04. The van der Waals surface area contributed by atoms with Gasteiger partial charge in [0.05, 0.1) is 23.4 Å². The van der Waals surface area contributed by atoms with Crippen molar-refractivity contribution in [3.8, 4) is 10.6 Å². The van der Waals surface area contributed by atoms with E-state index in [1.165, 1.54) is 11.3 Å². The lowest BCUT2D eigenvalue weighted by Gasteiger charge is -2.07. The maximum Gasteiger partial charge on any atom is 0.346 e. The minimum Gasteiger partial charge on any atom is -0.481 e. The monoisotopic (exact) mass is 424 g/mol. The van der Waals surface area contributed by atoms with Gasteiger partial charge >= 0.3 is 11.6 Å². The number of nitrogens with one attached hydrogen (secondary N) is 1. The van der Waals surface area contributed by atoms with Crippen molar-refractivity contribution >= 4 is 44.1 Å². The Morgan fingerprint density at radius 3 is 2.79 bits per heavy atom. The molecule has 0 aliphatic carbocycles. The molecule has 0 saturated carbocycles. The molecule has 2 aromatic heterocycles. The van der Waals surface area contributed by atoms with Gasteiger partial charge < -0.3 is 14.8 Å². The number of fused-ring (bicyclic) bond motifs is 1. The molecule has 28 heavy (non-hydrogen) atoms. The van der Waals surface area contributed by atoms with Gasteiger partial charge in [-0.25, -0.2) is 9.78 Å². The Kier molecular flexibility index (Phi) is 5.77. The number of thiazole rings is 1. The van der Waals surface area contributed by atoms with Crippen LogP contribution in [-0.4, -0.2) is 41.3 Å². The van der Waals surface area contributed by atoms with Gasteiger partial charge in [-0.3, -0.25) is 9.35 Å². The quantitative estimate of drug-likeness (QED) is 0.281. The summed E-state index contributed by atoms with van der Waals surface area (Å²) in [6.45, 7) is 0.319. The number of aromatic nitrogens is 1. The Bertz CT molecular complexity index is 1180. The van der Waals surface area contributed by atoms with Gasteiger partial charge in [0.25, 0.3) is 10.1 Å². The van der Waals surface area contributed by atoms with E-state index in [0.717, 1.165) is 0 Å². The summed E-state index contributed by atoms with van der Waals surface area (Å²) >= 11 is 1.17. The Balaban J connectivity index is 1.79. The molecule has 3 N–H and O–H groups in total. The van der Waals surface area contributed by atoms with Gasteiger partial charge in [-0.15, -0.1) is 11.3 Å². The Labute approximate surface area is 163 Å². The van der Waals surface area contributed by atoms with Crippen LogP contribution < -0.4 is 10.9 Å². The number of carboxylic acid groups (broad SMARTS) is 1. The first-order chi connectivity index (χ1) is 13.2. The Morgan fingerprint density at radius 2 is 2.07 bits per heavy atom. The lowest BCUT2D eigenvalue weighted by atomic mass is 10.1. The minimum atomic E-state index is -3.99. The molecule has 0 bridgehead atoms. The normalized spacial score (nSPS) is 11.6. The summed E-state index contributed by atoms with van der Waals surface area (Å²) in [5.41, 5.74) is 1.01. The predicted molar refractivity (Wildman–Crippen MR) is 104 cm³/mol. The molecule has 0 fully saturated rings. The van der Waals surface area contributed by atoms with E-state index in [0.29, 0.717) is 33.9 Å². The molecule has 1 aromatic carbocycles. The van der Waals surface area contributed by atoms with Gasteiger partial charge in [-0.05, 0) is 24.6 Å². The van der Waals surface area contributed by atoms with Gasteiger partial charge in [0.2, 0.25) is 0 Å². The summed E-state index contributed by atoms with van der Waals surface area (Å²) in [5.74, 6) is -1.34. The number of rotatable bonds is 8. The number of aliphatic carboxylic acids is 1. The van der Waals surface area contributed by atoms with Crippen LogP contribution in [0.2, 0.25) is 0 Å². The first kappa shape index (κ1) is 20.0. The number of anilines is 1. The van der Waals surface area contributed by atoms with E-state index < -0.39 is 21.7 Å². The number of benzene rings is 1. The van der Waals surface area contributed by atoms with E-state index in [4.69, 9.17) is 14.1 Å². The molecule has 9 nitrogen and oxygen atoms in total. The number of hydrogen-bond acceptors (Lipinski definition) is 8. The Hall–Kier alpha value is -2.76. The molecule has 148 valence electrons. The van der Waals surface area contributed by atoms with Gasteiger partial charge in [0.1, 0.15) is 10.6 Å². The highest BCUT2D eigenvalue weighted by molar-refractivity contribution is 7.85. The summed E-state index contributed by atoms with van der Waals surface area (Å²) in [6, 6.07) is 6.73. The SMILES string of the molecule is O=C(O)Cc1csc(-c2cc3ccc(NCCCS(=O)(=O)O)cc3oc2=O)n1. The van der Waals surface area contributed by atoms with Crippen molar-refractivity contribution < 1.29 is 27.3 Å². The van der Waals surface area contributed by atoms with Crippen molar-refractivity contribution in [3.63, 3.8) is 0 Å². The fourth-order valence-corrected chi connectivity index (χ4v) is 3.86. The van der Waals surface area contributed by atoms with E-state index in [2.05, 4.69) is 10.3 Å². The van der Waals surface area contributed by atoms with Crippen molar-refractivity contribution in [2.45, 2.75) is 12.8 Å². The number of carbonyl (C=O) groups is 1. The lowest BCUT2D eigenvalue weighted by molar-refractivity contribution is -0.136. The molecule has 0 atom stereocenters. The standard InChI is InChI=1S/C17H16N2O7S2/c20-15(21)8-12-9-27-16(19-12)13-6-10-2-3-11(7-14(10)26-17(13)22)18-4-1-5-28(23,24)25/h2-3,6-7,9,18H,1,4-5,8H2,(H,20,21)(H,23,24,25). The summed E-state index contributed by atoms with van der Waals surface area (Å²) in [4.78, 5) is 27.3. The van der Waals surface area contributed by atoms with Crippen LogP contribution in [0.5, 0.6) is 0 Å². The molecular formula is C17H16N2O7S2. The maximum atomic E-state index is 12.3. The van der Waals surface area contributed by atoms with E-state index >= 15 is 0 Å². The summed E-state index contributed by atoms with van der Waals surface area (Å²) in [5, 5.41) is 14.5. The summed E-state index contributed by atoms with van der Waals surface area (Å²) < 4.78 is 35.5. The second-order valence-electron chi connectivity index (χ2n) is 5.98. The molecule has 3 rings (SSSR count). The third kappa shape index (κ3) is 5.15. The first-order valence-electron chi connectivity index (χ1n) is 8.15. The van der Waals surface area contributed by atoms with Crippen LogP contribution in [0.1, 0.15) is 12.1 Å². The average molecular weight is 424 g/mol. The van der Waals surface area contributed by atoms with Crippen LogP contribution >= 0.6 is 11.3 Å². The van der Waals surface area contributed by atoms with Crippen LogP contribution in [-0.2, 0) is 21.3 Å². The van der Waals surface area contributed by atoms with Crippen LogP contribution in [0.25, 0.3) is 21.5 Å². The zero-order valence-corrected chi connectivity index (χ0v) is 16.0. The topological polar surface area (TPSA) is 147 Å². The molecule has 0 saturated heterocycles. The van der Waals surface area contributed by atoms with Crippen LogP contribution in [0.15, 0.2) is 38.9 Å². The number of hydrogen-bond donors (Lipinski definition) is 3. The van der Waals surface area contributed by atoms with E-state index in [1.54, 1.807) is 29.6 Å². The minimum absolute atomic E-state index is 0.220. The number of nitrogens with zero attached hydrogens (tertiary/aromatic N) is 1. The van der Waals surface area contributed by atoms with Gasteiger partial charge in [0.15, 0.2) is 0 Å². The molecule has 11 heteroatoms. The van der Waals surface area contributed by atoms with Crippen molar-refractivity contribution in [2.75, 3.05) is 17.6 Å². The second-order valence-corrected chi connectivity index (χ2v) is 8.41. The molecule has 0 spiro atoms. The third-order valence-electron chi connectivity index (χ3n) is 3.76. The van der Waals surface area contributed by atoms with Gasteiger partial charge in [0, 0.05) is 29.1 Å². The fourth-order valence-electron chi connectivity index (χ4n) is 2.52. The van der Waals surface area contributed by atoms with Crippen LogP contribution in [0.3, 0.4) is 0 Å². The zero-order chi connectivity index (χ0) is 20.3. The second kappa shape index (κ2) is 8.09. The fraction of sp³-hybridized carbons (Fsp3) is 0.235. The summed E-state index contributed by atoms with van der Waals surface area (Å²) in [6.07, 6.45) is 0.00447. The molecule has 2 heterocycles. The molecule has 0 aliphatic heterocycles. The highest BCUT2D eigenvalue weighted by atomic mass is 32.2. The van der Waals surface area contributed by atoms with Gasteiger partial charge in [-0.1, -0.05) is 0 Å². The summed E-state index contributed by atoms with van der Waals surface area (Å²) in [7, 11) is -3.99. The van der Waals surface area contributed by atoms with E-state index in [1.807, 2.05) is 0 Å². The van der Waals surface area contributed by atoms with Crippen LogP contribution in [0.4, 0.5) is 5.69 Å². The van der Waals surface area contributed by atoms with Crippen molar-refractivity contribution in [1.29, 1.82) is 0 Å². The third-order valence-corrected chi connectivity index (χ3v) is 5.49. The molecule has 0 unspecified atom stereocenters.